The molecule has 29 heavy (non-hydrogen) atoms. The van der Waals surface area contributed by atoms with Gasteiger partial charge in [-0.05, 0) is 30.2 Å². The molecule has 0 spiro atoms. The molecule has 0 radical (unpaired) electrons. The Morgan fingerprint density at radius 3 is 2.52 bits per heavy atom. The maximum atomic E-state index is 13.4. The normalized spacial score (nSPS) is 20.5. The zero-order chi connectivity index (χ0) is 20.1. The van der Waals surface area contributed by atoms with Crippen molar-refractivity contribution in [3.8, 4) is 6.07 Å². The maximum Gasteiger partial charge on any atom is 0.230 e. The quantitative estimate of drug-likeness (QED) is 0.750. The molecule has 2 heterocycles. The fourth-order valence-corrected chi connectivity index (χ4v) is 4.24. The van der Waals surface area contributed by atoms with Crippen molar-refractivity contribution < 1.29 is 19.1 Å². The second-order valence-electron chi connectivity index (χ2n) is 7.20. The van der Waals surface area contributed by atoms with Gasteiger partial charge in [0.05, 0.1) is 22.8 Å². The lowest BCUT2D eigenvalue weighted by atomic mass is 9.72. The van der Waals surface area contributed by atoms with Crippen molar-refractivity contribution in [2.75, 3.05) is 0 Å². The van der Waals surface area contributed by atoms with Gasteiger partial charge in [0.15, 0.2) is 17.3 Å². The van der Waals surface area contributed by atoms with E-state index in [0.29, 0.717) is 41.7 Å². The van der Waals surface area contributed by atoms with Crippen LogP contribution >= 0.6 is 0 Å². The molecule has 0 N–H and O–H groups in total. The number of benzene rings is 1. The molecular weight excluding hydrogens is 368 g/mol. The number of nitriles is 1. The average molecular weight is 382 g/mol. The summed E-state index contributed by atoms with van der Waals surface area (Å²) in [6.45, 7) is 0. The number of rotatable bonds is 1. The van der Waals surface area contributed by atoms with E-state index in [9.17, 15) is 14.4 Å². The fraction of sp³-hybridized carbons (Fsp3) is 0.174. The predicted octanol–water partition coefficient (Wildman–Crippen LogP) is 3.41. The molecule has 140 valence electrons. The number of hydrogen-bond acceptors (Lipinski definition) is 6. The van der Waals surface area contributed by atoms with Crippen molar-refractivity contribution in [3.05, 3.63) is 87.6 Å². The van der Waals surface area contributed by atoms with Crippen LogP contribution < -0.4 is 0 Å². The number of fused-ring (bicyclic) bond motifs is 1. The van der Waals surface area contributed by atoms with E-state index < -0.39 is 11.7 Å². The van der Waals surface area contributed by atoms with Gasteiger partial charge in [-0.1, -0.05) is 12.1 Å². The van der Waals surface area contributed by atoms with Crippen LogP contribution in [0.15, 0.2) is 65.4 Å². The van der Waals surface area contributed by atoms with Crippen LogP contribution in [0.2, 0.25) is 0 Å². The molecule has 0 amide bonds. The Balaban J connectivity index is 1.75. The summed E-state index contributed by atoms with van der Waals surface area (Å²) in [5.74, 6) is -1.05. The molecule has 2 aliphatic carbocycles. The minimum atomic E-state index is -0.688. The van der Waals surface area contributed by atoms with Crippen molar-refractivity contribution in [1.29, 1.82) is 5.26 Å². The smallest absolute Gasteiger partial charge is 0.230 e. The van der Waals surface area contributed by atoms with Gasteiger partial charge >= 0.3 is 0 Å². The molecule has 3 aliphatic rings. The van der Waals surface area contributed by atoms with Crippen LogP contribution in [0, 0.1) is 11.3 Å². The number of aromatic nitrogens is 1. The van der Waals surface area contributed by atoms with Gasteiger partial charge in [-0.3, -0.25) is 19.4 Å². The topological polar surface area (TPSA) is 97.1 Å². The lowest BCUT2D eigenvalue weighted by molar-refractivity contribution is -0.116. The summed E-state index contributed by atoms with van der Waals surface area (Å²) < 4.78 is 5.89. The van der Waals surface area contributed by atoms with Crippen LogP contribution in [-0.4, -0.2) is 22.3 Å². The van der Waals surface area contributed by atoms with Gasteiger partial charge in [-0.25, -0.2) is 0 Å². The first-order valence-corrected chi connectivity index (χ1v) is 9.32. The van der Waals surface area contributed by atoms with Crippen LogP contribution in [0.3, 0.4) is 0 Å². The largest absolute Gasteiger partial charge is 0.457 e. The van der Waals surface area contributed by atoms with Crippen molar-refractivity contribution in [3.63, 3.8) is 0 Å². The van der Waals surface area contributed by atoms with Gasteiger partial charge in [-0.2, -0.15) is 5.26 Å². The number of carbonyl (C=O) groups is 3. The van der Waals surface area contributed by atoms with E-state index in [4.69, 9.17) is 10.00 Å². The van der Waals surface area contributed by atoms with Crippen molar-refractivity contribution in [2.24, 2.45) is 0 Å². The molecule has 0 saturated heterocycles. The first-order chi connectivity index (χ1) is 14.1. The highest BCUT2D eigenvalue weighted by Crippen LogP contribution is 2.47. The summed E-state index contributed by atoms with van der Waals surface area (Å²) in [6, 6.07) is 10.3. The SMILES string of the molecule is N#Cc1ccc(C2C3=C(CCCC3=O)OC3=C2C(=O)c2ccncc2C3=O)cc1. The van der Waals surface area contributed by atoms with Gasteiger partial charge < -0.3 is 4.74 Å². The maximum absolute atomic E-state index is 13.4. The highest BCUT2D eigenvalue weighted by molar-refractivity contribution is 6.27. The highest BCUT2D eigenvalue weighted by Gasteiger charge is 2.46. The van der Waals surface area contributed by atoms with E-state index in [1.54, 1.807) is 24.3 Å². The number of Topliss-reactive ketones (excluding diaryl/α,β-unsaturated/α-hetero) is 3. The molecule has 2 aromatic rings. The van der Waals surface area contributed by atoms with E-state index in [-0.39, 0.29) is 34.0 Å². The number of allylic oxidation sites excluding steroid dienone is 4. The minimum absolute atomic E-state index is 0.0155. The first kappa shape index (κ1) is 17.3. The van der Waals surface area contributed by atoms with E-state index in [1.807, 2.05) is 0 Å². The Morgan fingerprint density at radius 1 is 0.966 bits per heavy atom. The van der Waals surface area contributed by atoms with Crippen molar-refractivity contribution >= 4 is 17.3 Å². The summed E-state index contributed by atoms with van der Waals surface area (Å²) in [6.07, 6.45) is 4.38. The average Bonchev–Trinajstić information content (AvgIpc) is 2.76. The molecule has 1 aromatic heterocycles. The van der Waals surface area contributed by atoms with Gasteiger partial charge in [0, 0.05) is 42.3 Å². The second kappa shape index (κ2) is 6.35. The van der Waals surface area contributed by atoms with E-state index in [2.05, 4.69) is 11.1 Å². The number of pyridine rings is 1. The van der Waals surface area contributed by atoms with Crippen molar-refractivity contribution in [2.45, 2.75) is 25.2 Å². The van der Waals surface area contributed by atoms with E-state index in [0.717, 1.165) is 0 Å². The lowest BCUT2D eigenvalue weighted by Crippen LogP contribution is -2.34. The van der Waals surface area contributed by atoms with E-state index in [1.165, 1.54) is 18.5 Å². The monoisotopic (exact) mass is 382 g/mol. The summed E-state index contributed by atoms with van der Waals surface area (Å²) in [5.41, 5.74) is 2.26. The zero-order valence-corrected chi connectivity index (χ0v) is 15.3. The number of hydrogen-bond donors (Lipinski definition) is 0. The third-order valence-electron chi connectivity index (χ3n) is 5.59. The Morgan fingerprint density at radius 2 is 1.76 bits per heavy atom. The predicted molar refractivity (Wildman–Crippen MR) is 101 cm³/mol. The molecule has 6 nitrogen and oxygen atoms in total. The molecular formula is C23H14N2O4. The van der Waals surface area contributed by atoms with Crippen molar-refractivity contribution in [1.82, 2.24) is 4.98 Å². The Hall–Kier alpha value is -3.85. The molecule has 1 atom stereocenters. The van der Waals surface area contributed by atoms with Gasteiger partial charge in [0.1, 0.15) is 5.76 Å². The molecule has 1 aromatic carbocycles. The number of nitrogens with zero attached hydrogens (tertiary/aromatic N) is 2. The second-order valence-corrected chi connectivity index (χ2v) is 7.20. The number of ketones is 3. The fourth-order valence-electron chi connectivity index (χ4n) is 4.24. The molecule has 0 bridgehead atoms. The van der Waals surface area contributed by atoms with Crippen LogP contribution in [0.5, 0.6) is 0 Å². The number of carbonyl (C=O) groups excluding carboxylic acids is 3. The third kappa shape index (κ3) is 2.48. The van der Waals surface area contributed by atoms with Crippen LogP contribution in [0.4, 0.5) is 0 Å². The molecule has 5 rings (SSSR count). The minimum Gasteiger partial charge on any atom is -0.457 e. The summed E-state index contributed by atoms with van der Waals surface area (Å²) in [7, 11) is 0. The van der Waals surface area contributed by atoms with Crippen LogP contribution in [-0.2, 0) is 9.53 Å². The molecule has 0 fully saturated rings. The number of ether oxygens (including phenoxy) is 1. The van der Waals surface area contributed by atoms with E-state index >= 15 is 0 Å². The molecule has 1 unspecified atom stereocenters. The van der Waals surface area contributed by atoms with Gasteiger partial charge in [0.2, 0.25) is 5.78 Å². The highest BCUT2D eigenvalue weighted by atomic mass is 16.5. The summed E-state index contributed by atoms with van der Waals surface area (Å²) >= 11 is 0. The van der Waals surface area contributed by atoms with Crippen LogP contribution in [0.1, 0.15) is 57.0 Å². The molecule has 1 aliphatic heterocycles. The molecule has 0 saturated carbocycles. The zero-order valence-electron chi connectivity index (χ0n) is 15.3. The van der Waals surface area contributed by atoms with Gasteiger partial charge in [-0.15, -0.1) is 0 Å². The van der Waals surface area contributed by atoms with Crippen LogP contribution in [0.25, 0.3) is 0 Å². The standard InChI is InChI=1S/C23H14N2O4/c24-10-12-4-6-13(7-5-12)18-19-16(26)2-1-3-17(19)29-23-20(18)21(27)14-8-9-25-11-15(14)22(23)28/h4-9,11,18H,1-3H2. The summed E-state index contributed by atoms with van der Waals surface area (Å²) in [5, 5.41) is 9.09. The Bertz CT molecular complexity index is 1210. The summed E-state index contributed by atoms with van der Waals surface area (Å²) in [4.78, 5) is 43.3. The van der Waals surface area contributed by atoms with Gasteiger partial charge in [0.25, 0.3) is 0 Å². The Kier molecular flexibility index (Phi) is 3.78. The Labute approximate surface area is 166 Å². The molecule has 6 heteroatoms. The third-order valence-corrected chi connectivity index (χ3v) is 5.59. The lowest BCUT2D eigenvalue weighted by Gasteiger charge is -2.35. The first-order valence-electron chi connectivity index (χ1n) is 9.32.